The van der Waals surface area contributed by atoms with Crippen molar-refractivity contribution in [2.45, 2.75) is 110 Å². The highest BCUT2D eigenvalue weighted by Gasteiger charge is 1.98. The first-order valence-corrected chi connectivity index (χ1v) is 22.4. The molecule has 0 heterocycles. The molecule has 0 aromatic rings. The molecule has 0 fully saturated rings. The van der Waals surface area contributed by atoms with Gasteiger partial charge in [0.25, 0.3) is 0 Å². The molecular weight excluding hydrogens is 724 g/mol. The summed E-state index contributed by atoms with van der Waals surface area (Å²) in [5.41, 5.74) is 0. The minimum atomic E-state index is 0.517. The number of unbranched alkanes of at least 4 members (excludes halogenated alkanes) is 13. The van der Waals surface area contributed by atoms with Crippen molar-refractivity contribution < 1.29 is 61.6 Å². The van der Waals surface area contributed by atoms with E-state index in [1.807, 2.05) is 0 Å². The summed E-state index contributed by atoms with van der Waals surface area (Å²) in [7, 11) is 0. The van der Waals surface area contributed by atoms with Gasteiger partial charge in [0.1, 0.15) is 0 Å². The molecule has 0 atom stereocenters. The van der Waals surface area contributed by atoms with Gasteiger partial charge >= 0.3 is 0 Å². The van der Waals surface area contributed by atoms with Gasteiger partial charge in [-0.1, -0.05) is 97.3 Å². The maximum atomic E-state index is 5.67. The Morgan fingerprint density at radius 3 is 0.446 bits per heavy atom. The molecular formula is C43H88O13. The standard InChI is InChI=1S/C43H88O13/c1-3-5-7-9-10-11-12-13-14-15-17-19-45-21-23-47-25-27-49-29-31-51-33-35-53-37-39-55-41-43-56-42-40-54-38-36-52-34-32-50-30-28-48-26-24-46-22-20-44-18-16-8-6-4-2/h3-43H2,1-2H3. The number of hydrogen-bond acceptors (Lipinski definition) is 13. The lowest BCUT2D eigenvalue weighted by molar-refractivity contribution is -0.0290. The first kappa shape index (κ1) is 55.5. The Kier molecular flexibility index (Phi) is 54.0. The largest absolute Gasteiger partial charge is 0.379 e. The van der Waals surface area contributed by atoms with Crippen molar-refractivity contribution in [2.75, 3.05) is 172 Å². The molecule has 0 amide bonds. The molecule has 13 heteroatoms. The molecule has 0 unspecified atom stereocenters. The van der Waals surface area contributed by atoms with E-state index >= 15 is 0 Å². The Hall–Kier alpha value is -0.520. The van der Waals surface area contributed by atoms with Crippen LogP contribution in [0.15, 0.2) is 0 Å². The zero-order chi connectivity index (χ0) is 40.2. The van der Waals surface area contributed by atoms with Crippen molar-refractivity contribution in [3.63, 3.8) is 0 Å². The van der Waals surface area contributed by atoms with E-state index in [1.165, 1.54) is 83.5 Å². The van der Waals surface area contributed by atoms with Crippen molar-refractivity contribution in [1.82, 2.24) is 0 Å². The zero-order valence-electron chi connectivity index (χ0n) is 36.3. The van der Waals surface area contributed by atoms with Gasteiger partial charge in [-0.25, -0.2) is 0 Å². The smallest absolute Gasteiger partial charge is 0.0701 e. The molecule has 0 aromatic carbocycles. The zero-order valence-corrected chi connectivity index (χ0v) is 36.3. The van der Waals surface area contributed by atoms with Crippen LogP contribution in [0.3, 0.4) is 0 Å². The van der Waals surface area contributed by atoms with Crippen LogP contribution in [-0.4, -0.2) is 172 Å². The summed E-state index contributed by atoms with van der Waals surface area (Å²) in [4.78, 5) is 0. The Morgan fingerprint density at radius 1 is 0.143 bits per heavy atom. The summed E-state index contributed by atoms with van der Waals surface area (Å²) >= 11 is 0. The number of rotatable bonds is 53. The summed E-state index contributed by atoms with van der Waals surface area (Å²) in [6.07, 6.45) is 19.8. The van der Waals surface area contributed by atoms with E-state index in [-0.39, 0.29) is 0 Å². The fourth-order valence-corrected chi connectivity index (χ4v) is 5.24. The topological polar surface area (TPSA) is 120 Å². The van der Waals surface area contributed by atoms with Gasteiger partial charge in [-0.05, 0) is 12.8 Å². The van der Waals surface area contributed by atoms with Crippen LogP contribution in [-0.2, 0) is 61.6 Å². The van der Waals surface area contributed by atoms with Gasteiger partial charge in [-0.2, -0.15) is 0 Å². The predicted octanol–water partition coefficient (Wildman–Crippen LogP) is 7.09. The third-order valence-corrected chi connectivity index (χ3v) is 8.50. The van der Waals surface area contributed by atoms with Gasteiger partial charge in [0.15, 0.2) is 0 Å². The van der Waals surface area contributed by atoms with Gasteiger partial charge in [0.2, 0.25) is 0 Å². The fourth-order valence-electron chi connectivity index (χ4n) is 5.24. The quantitative estimate of drug-likeness (QED) is 0.0582. The Labute approximate surface area is 343 Å². The molecule has 0 rings (SSSR count). The normalized spacial score (nSPS) is 11.7. The molecule has 0 aliphatic carbocycles. The second-order valence-electron chi connectivity index (χ2n) is 13.6. The third-order valence-electron chi connectivity index (χ3n) is 8.50. The summed E-state index contributed by atoms with van der Waals surface area (Å²) in [6.45, 7) is 19.3. The third kappa shape index (κ3) is 53.5. The van der Waals surface area contributed by atoms with E-state index in [0.29, 0.717) is 159 Å². The Bertz CT molecular complexity index is 611. The lowest BCUT2D eigenvalue weighted by Crippen LogP contribution is -2.15. The summed E-state index contributed by atoms with van der Waals surface area (Å²) in [5, 5.41) is 0. The number of hydrogen-bond donors (Lipinski definition) is 0. The van der Waals surface area contributed by atoms with Crippen molar-refractivity contribution in [1.29, 1.82) is 0 Å². The lowest BCUT2D eigenvalue weighted by Gasteiger charge is -2.09. The molecule has 0 saturated heterocycles. The molecule has 0 aliphatic rings. The second-order valence-corrected chi connectivity index (χ2v) is 13.6. The first-order valence-electron chi connectivity index (χ1n) is 22.4. The van der Waals surface area contributed by atoms with E-state index in [2.05, 4.69) is 13.8 Å². The molecule has 0 radical (unpaired) electrons. The molecule has 0 N–H and O–H groups in total. The van der Waals surface area contributed by atoms with Gasteiger partial charge in [0, 0.05) is 13.2 Å². The van der Waals surface area contributed by atoms with Gasteiger partial charge in [0.05, 0.1) is 159 Å². The predicted molar refractivity (Wildman–Crippen MR) is 221 cm³/mol. The molecule has 56 heavy (non-hydrogen) atoms. The van der Waals surface area contributed by atoms with E-state index < -0.39 is 0 Å². The average Bonchev–Trinajstić information content (AvgIpc) is 3.21. The molecule has 0 bridgehead atoms. The number of ether oxygens (including phenoxy) is 13. The van der Waals surface area contributed by atoms with Crippen molar-refractivity contribution in [3.05, 3.63) is 0 Å². The van der Waals surface area contributed by atoms with Crippen LogP contribution in [0.1, 0.15) is 110 Å². The first-order chi connectivity index (χ1) is 27.9. The fraction of sp³-hybridized carbons (Fsp3) is 1.00. The second kappa shape index (κ2) is 54.5. The molecule has 338 valence electrons. The summed E-state index contributed by atoms with van der Waals surface area (Å²) in [6, 6.07) is 0. The maximum absolute atomic E-state index is 5.67. The molecule has 0 saturated carbocycles. The summed E-state index contributed by atoms with van der Waals surface area (Å²) < 4.78 is 71.9. The van der Waals surface area contributed by atoms with Gasteiger partial charge in [-0.15, -0.1) is 0 Å². The molecule has 0 spiro atoms. The van der Waals surface area contributed by atoms with Gasteiger partial charge < -0.3 is 61.6 Å². The highest BCUT2D eigenvalue weighted by Crippen LogP contribution is 2.11. The van der Waals surface area contributed by atoms with E-state index in [0.717, 1.165) is 26.1 Å². The van der Waals surface area contributed by atoms with E-state index in [1.54, 1.807) is 0 Å². The van der Waals surface area contributed by atoms with Crippen LogP contribution >= 0.6 is 0 Å². The van der Waals surface area contributed by atoms with Crippen LogP contribution in [0.5, 0.6) is 0 Å². The minimum absolute atomic E-state index is 0.517. The average molecular weight is 813 g/mol. The van der Waals surface area contributed by atoms with Crippen molar-refractivity contribution in [3.8, 4) is 0 Å². The highest BCUT2D eigenvalue weighted by molar-refractivity contribution is 4.48. The monoisotopic (exact) mass is 813 g/mol. The Balaban J connectivity index is 3.05. The van der Waals surface area contributed by atoms with Crippen LogP contribution in [0.2, 0.25) is 0 Å². The summed E-state index contributed by atoms with van der Waals surface area (Å²) in [5.74, 6) is 0. The molecule has 13 nitrogen and oxygen atoms in total. The maximum Gasteiger partial charge on any atom is 0.0701 e. The van der Waals surface area contributed by atoms with Crippen LogP contribution in [0, 0.1) is 0 Å². The van der Waals surface area contributed by atoms with Crippen LogP contribution < -0.4 is 0 Å². The van der Waals surface area contributed by atoms with Crippen molar-refractivity contribution >= 4 is 0 Å². The Morgan fingerprint density at radius 2 is 0.268 bits per heavy atom. The molecule has 0 aliphatic heterocycles. The molecule has 0 aromatic heterocycles. The van der Waals surface area contributed by atoms with Gasteiger partial charge in [-0.3, -0.25) is 0 Å². The lowest BCUT2D eigenvalue weighted by atomic mass is 10.1. The van der Waals surface area contributed by atoms with E-state index in [4.69, 9.17) is 61.6 Å². The van der Waals surface area contributed by atoms with Crippen LogP contribution in [0.4, 0.5) is 0 Å². The van der Waals surface area contributed by atoms with E-state index in [9.17, 15) is 0 Å². The van der Waals surface area contributed by atoms with Crippen molar-refractivity contribution in [2.24, 2.45) is 0 Å². The highest BCUT2D eigenvalue weighted by atomic mass is 16.6. The minimum Gasteiger partial charge on any atom is -0.379 e. The SMILES string of the molecule is CCCCCCCCCCCCCOCCOCCOCCOCCOCCOCCOCCOCCOCCOCCOCCOCCOCCCCCC. The van der Waals surface area contributed by atoms with Crippen LogP contribution in [0.25, 0.3) is 0 Å².